The first-order valence-electron chi connectivity index (χ1n) is 14.0. The van der Waals surface area contributed by atoms with Gasteiger partial charge in [0.1, 0.15) is 17.6 Å². The van der Waals surface area contributed by atoms with Gasteiger partial charge in [-0.2, -0.15) is 0 Å². The fourth-order valence-electron chi connectivity index (χ4n) is 4.93. The molecule has 0 saturated carbocycles. The molecule has 0 radical (unpaired) electrons. The molecule has 0 bridgehead atoms. The van der Waals surface area contributed by atoms with Crippen molar-refractivity contribution >= 4 is 23.3 Å². The molecule has 0 aliphatic carbocycles. The van der Waals surface area contributed by atoms with E-state index >= 15 is 0 Å². The zero-order valence-corrected chi connectivity index (χ0v) is 24.8. The number of para-hydroxylation sites is 1. The number of likely N-dealkylation sites (N-methyl/N-ethyl adjacent to an activating group) is 1. The van der Waals surface area contributed by atoms with E-state index in [2.05, 4.69) is 15.5 Å². The van der Waals surface area contributed by atoms with Crippen LogP contribution in [0.4, 0.5) is 16.2 Å². The van der Waals surface area contributed by atoms with Gasteiger partial charge in [0, 0.05) is 31.2 Å². The van der Waals surface area contributed by atoms with E-state index in [1.54, 1.807) is 61.6 Å². The summed E-state index contributed by atoms with van der Waals surface area (Å²) in [5.74, 6) is 1.44. The number of rotatable bonds is 10. The van der Waals surface area contributed by atoms with Crippen LogP contribution in [0.5, 0.6) is 17.2 Å². The molecule has 0 aromatic heterocycles. The van der Waals surface area contributed by atoms with Gasteiger partial charge in [-0.05, 0) is 68.1 Å². The van der Waals surface area contributed by atoms with Crippen LogP contribution >= 0.6 is 0 Å². The number of hydrogen-bond acceptors (Lipinski definition) is 7. The second-order valence-electron chi connectivity index (χ2n) is 10.7. The van der Waals surface area contributed by atoms with Crippen molar-refractivity contribution in [1.82, 2.24) is 9.80 Å². The van der Waals surface area contributed by atoms with Gasteiger partial charge in [0.05, 0.1) is 38.1 Å². The zero-order chi connectivity index (χ0) is 30.2. The number of methoxy groups -OCH3 is 2. The highest BCUT2D eigenvalue weighted by Crippen LogP contribution is 2.35. The van der Waals surface area contributed by atoms with E-state index in [1.807, 2.05) is 45.2 Å². The minimum Gasteiger partial charge on any atom is -0.497 e. The monoisotopic (exact) mass is 576 g/mol. The summed E-state index contributed by atoms with van der Waals surface area (Å²) in [7, 11) is 5.24. The number of carbonyl (C=O) groups excluding carboxylic acids is 2. The molecule has 224 valence electrons. The van der Waals surface area contributed by atoms with Gasteiger partial charge in [0.25, 0.3) is 5.91 Å². The third-order valence-corrected chi connectivity index (χ3v) is 7.39. The van der Waals surface area contributed by atoms with E-state index in [4.69, 9.17) is 14.2 Å². The number of anilines is 2. The minimum atomic E-state index is -0.478. The number of urea groups is 1. The molecule has 10 heteroatoms. The minimum absolute atomic E-state index is 0.0735. The molecule has 3 aromatic rings. The number of fused-ring (bicyclic) bond motifs is 1. The number of amides is 3. The first-order chi connectivity index (χ1) is 20.2. The van der Waals surface area contributed by atoms with E-state index in [9.17, 15) is 14.7 Å². The topological polar surface area (TPSA) is 113 Å². The van der Waals surface area contributed by atoms with Crippen molar-refractivity contribution < 1.29 is 28.9 Å². The molecular weight excluding hydrogens is 536 g/mol. The summed E-state index contributed by atoms with van der Waals surface area (Å²) in [6.45, 7) is 5.35. The summed E-state index contributed by atoms with van der Waals surface area (Å²) in [6.07, 6.45) is -0.318. The first kappa shape index (κ1) is 30.7. The predicted molar refractivity (Wildman–Crippen MR) is 163 cm³/mol. The van der Waals surface area contributed by atoms with E-state index in [0.29, 0.717) is 48.1 Å². The molecule has 3 aromatic carbocycles. The van der Waals surface area contributed by atoms with E-state index in [-0.39, 0.29) is 24.5 Å². The van der Waals surface area contributed by atoms with Crippen LogP contribution in [0.3, 0.4) is 0 Å². The van der Waals surface area contributed by atoms with Crippen LogP contribution in [0, 0.1) is 5.92 Å². The van der Waals surface area contributed by atoms with Crippen LogP contribution in [0.25, 0.3) is 0 Å². The Kier molecular flexibility index (Phi) is 10.3. The summed E-state index contributed by atoms with van der Waals surface area (Å²) in [4.78, 5) is 30.6. The number of nitrogens with one attached hydrogen (secondary N) is 2. The summed E-state index contributed by atoms with van der Waals surface area (Å²) in [6, 6.07) is 19.1. The van der Waals surface area contributed by atoms with Crippen LogP contribution in [0.15, 0.2) is 66.7 Å². The molecule has 0 unspecified atom stereocenters. The van der Waals surface area contributed by atoms with Gasteiger partial charge in [-0.3, -0.25) is 9.69 Å². The maximum absolute atomic E-state index is 13.7. The molecule has 10 nitrogen and oxygen atoms in total. The second-order valence-corrected chi connectivity index (χ2v) is 10.7. The van der Waals surface area contributed by atoms with E-state index in [0.717, 1.165) is 11.3 Å². The van der Waals surface area contributed by atoms with E-state index in [1.165, 1.54) is 0 Å². The highest BCUT2D eigenvalue weighted by atomic mass is 16.5. The van der Waals surface area contributed by atoms with Crippen LogP contribution < -0.4 is 24.8 Å². The Morgan fingerprint density at radius 2 is 1.69 bits per heavy atom. The number of benzene rings is 3. The Bertz CT molecular complexity index is 1350. The zero-order valence-electron chi connectivity index (χ0n) is 24.8. The lowest BCUT2D eigenvalue weighted by Crippen LogP contribution is -2.49. The van der Waals surface area contributed by atoms with Gasteiger partial charge in [-0.1, -0.05) is 25.1 Å². The number of hydrogen-bond donors (Lipinski definition) is 3. The summed E-state index contributed by atoms with van der Waals surface area (Å²) in [5.41, 5.74) is 2.41. The smallest absolute Gasteiger partial charge is 0.323 e. The van der Waals surface area contributed by atoms with Gasteiger partial charge in [0.15, 0.2) is 5.75 Å². The molecule has 4 rings (SSSR count). The molecule has 3 atom stereocenters. The van der Waals surface area contributed by atoms with Gasteiger partial charge in [-0.25, -0.2) is 4.79 Å². The van der Waals surface area contributed by atoms with Crippen LogP contribution in [0.1, 0.15) is 29.8 Å². The molecule has 1 aliphatic rings. The van der Waals surface area contributed by atoms with Crippen molar-refractivity contribution in [3.05, 3.63) is 77.9 Å². The van der Waals surface area contributed by atoms with Gasteiger partial charge in [-0.15, -0.1) is 0 Å². The third kappa shape index (κ3) is 7.51. The number of aliphatic hydroxyl groups excluding tert-OH is 1. The molecule has 3 amide bonds. The molecule has 0 spiro atoms. The lowest BCUT2D eigenvalue weighted by Gasteiger charge is -2.38. The third-order valence-electron chi connectivity index (χ3n) is 7.39. The number of aliphatic hydroxyl groups is 1. The molecular formula is C32H40N4O6. The van der Waals surface area contributed by atoms with Crippen molar-refractivity contribution in [3.8, 4) is 17.2 Å². The van der Waals surface area contributed by atoms with Crippen molar-refractivity contribution in [1.29, 1.82) is 0 Å². The molecule has 0 fully saturated rings. The first-order valence-corrected chi connectivity index (χ1v) is 14.0. The van der Waals surface area contributed by atoms with Crippen molar-refractivity contribution in [3.63, 3.8) is 0 Å². The lowest BCUT2D eigenvalue weighted by molar-refractivity contribution is 0.0343. The Balaban J connectivity index is 1.60. The molecule has 1 aliphatic heterocycles. The number of carbonyl (C=O) groups is 2. The van der Waals surface area contributed by atoms with Crippen LogP contribution in [0.2, 0.25) is 0 Å². The fraction of sp³-hybridized carbons (Fsp3) is 0.375. The Morgan fingerprint density at radius 3 is 2.31 bits per heavy atom. The van der Waals surface area contributed by atoms with Crippen molar-refractivity contribution in [2.75, 3.05) is 51.6 Å². The predicted octanol–water partition coefficient (Wildman–Crippen LogP) is 4.70. The molecule has 1 heterocycles. The normalized spacial score (nSPS) is 17.4. The Labute approximate surface area is 247 Å². The summed E-state index contributed by atoms with van der Waals surface area (Å²) in [5, 5.41) is 15.6. The largest absolute Gasteiger partial charge is 0.497 e. The molecule has 42 heavy (non-hydrogen) atoms. The number of ether oxygens (including phenoxy) is 3. The highest BCUT2D eigenvalue weighted by molar-refractivity contribution is 6.04. The summed E-state index contributed by atoms with van der Waals surface area (Å²) >= 11 is 0. The van der Waals surface area contributed by atoms with Gasteiger partial charge in [0.2, 0.25) is 0 Å². The second kappa shape index (κ2) is 14.1. The highest BCUT2D eigenvalue weighted by Gasteiger charge is 2.34. The van der Waals surface area contributed by atoms with Crippen molar-refractivity contribution in [2.45, 2.75) is 32.5 Å². The maximum Gasteiger partial charge on any atom is 0.323 e. The van der Waals surface area contributed by atoms with Crippen LogP contribution in [-0.2, 0) is 6.54 Å². The van der Waals surface area contributed by atoms with Gasteiger partial charge >= 0.3 is 6.03 Å². The maximum atomic E-state index is 13.7. The van der Waals surface area contributed by atoms with Crippen LogP contribution in [-0.4, -0.2) is 80.0 Å². The number of nitrogens with zero attached hydrogens (tertiary/aromatic N) is 2. The Morgan fingerprint density at radius 1 is 1.05 bits per heavy atom. The summed E-state index contributed by atoms with van der Waals surface area (Å²) < 4.78 is 17.1. The molecule has 0 saturated heterocycles. The Hall–Kier alpha value is -4.28. The molecule has 3 N–H and O–H groups in total. The quantitative estimate of drug-likeness (QED) is 0.321. The standard InChI is InChI=1S/C32H40N4O6/c1-21-17-36(22(2)20-37)31(38)27-7-6-8-28(34-32(39)33-24-11-15-26(41-5)16-12-24)30(27)42-29(21)19-35(3)18-23-9-13-25(40-4)14-10-23/h6-16,21-22,29,37H,17-20H2,1-5H3,(H2,33,34,39)/t21-,22+,29+/m0/s1. The lowest BCUT2D eigenvalue weighted by atomic mass is 9.99. The SMILES string of the molecule is COc1ccc(CN(C)C[C@H]2Oc3c(NC(=O)Nc4ccc(OC)cc4)cccc3C(=O)N([C@H](C)CO)C[C@@H]2C)cc1. The van der Waals surface area contributed by atoms with E-state index < -0.39 is 12.1 Å². The fourth-order valence-corrected chi connectivity index (χ4v) is 4.93. The average molecular weight is 577 g/mol. The van der Waals surface area contributed by atoms with Gasteiger partial charge < -0.3 is 34.9 Å². The van der Waals surface area contributed by atoms with Crippen molar-refractivity contribution in [2.24, 2.45) is 5.92 Å². The average Bonchev–Trinajstić information content (AvgIpc) is 2.99.